The zero-order valence-corrected chi connectivity index (χ0v) is 17.0. The SMILES string of the molecule is CNC(=O)[C@H]([C@@H](C)O)N(C)CC1CCC2(CNC2=O)N1C(=O)OC(C)(C)C. The van der Waals surface area contributed by atoms with E-state index in [1.165, 1.54) is 11.9 Å². The lowest BCUT2D eigenvalue weighted by Gasteiger charge is -2.46. The zero-order chi connectivity index (χ0) is 20.6. The number of likely N-dealkylation sites (tertiary alicyclic amines) is 1. The highest BCUT2D eigenvalue weighted by Crippen LogP contribution is 2.39. The standard InChI is InChI=1S/C18H32N4O5/c1-11(23)13(14(24)19-5)21(6)9-12-7-8-18(10-20-15(18)25)22(12)16(26)27-17(2,3)4/h11-13,23H,7-10H2,1-6H3,(H,19,24)(H,20,25)/t11-,12?,13+,18?/m1/s1. The predicted molar refractivity (Wildman–Crippen MR) is 99.0 cm³/mol. The Hall–Kier alpha value is -1.87. The first-order valence-electron chi connectivity index (χ1n) is 9.33. The number of nitrogens with one attached hydrogen (secondary N) is 2. The van der Waals surface area contributed by atoms with E-state index in [9.17, 15) is 19.5 Å². The van der Waals surface area contributed by atoms with E-state index < -0.39 is 29.4 Å². The second-order valence-corrected chi connectivity index (χ2v) is 8.50. The molecule has 0 aliphatic carbocycles. The van der Waals surface area contributed by atoms with Crippen LogP contribution in [0.5, 0.6) is 0 Å². The molecule has 0 aromatic rings. The maximum atomic E-state index is 12.9. The molecule has 0 radical (unpaired) electrons. The van der Waals surface area contributed by atoms with Crippen LogP contribution >= 0.6 is 0 Å². The minimum atomic E-state index is -0.882. The van der Waals surface area contributed by atoms with E-state index in [4.69, 9.17) is 4.74 Å². The van der Waals surface area contributed by atoms with Crippen molar-refractivity contribution in [1.29, 1.82) is 0 Å². The predicted octanol–water partition coefficient (Wildman–Crippen LogP) is -0.318. The smallest absolute Gasteiger partial charge is 0.411 e. The summed E-state index contributed by atoms with van der Waals surface area (Å²) in [5, 5.41) is 15.3. The lowest BCUT2D eigenvalue weighted by Crippen LogP contribution is -2.73. The number of β-lactam (4-membered cyclic amide) rings is 1. The van der Waals surface area contributed by atoms with Gasteiger partial charge >= 0.3 is 6.09 Å². The minimum absolute atomic E-state index is 0.170. The van der Waals surface area contributed by atoms with Crippen LogP contribution in [0.1, 0.15) is 40.5 Å². The number of rotatable bonds is 5. The number of aliphatic hydroxyl groups is 1. The Morgan fingerprint density at radius 2 is 2.11 bits per heavy atom. The number of nitrogens with zero attached hydrogens (tertiary/aromatic N) is 2. The number of hydrogen-bond acceptors (Lipinski definition) is 6. The molecule has 2 heterocycles. The average Bonchev–Trinajstić information content (AvgIpc) is 2.92. The van der Waals surface area contributed by atoms with Gasteiger partial charge in [-0.3, -0.25) is 19.4 Å². The summed E-state index contributed by atoms with van der Waals surface area (Å²) >= 11 is 0. The summed E-state index contributed by atoms with van der Waals surface area (Å²) in [5.74, 6) is -0.470. The fraction of sp³-hybridized carbons (Fsp3) is 0.833. The molecule has 2 rings (SSSR count). The van der Waals surface area contributed by atoms with Crippen molar-refractivity contribution in [3.8, 4) is 0 Å². The van der Waals surface area contributed by atoms with Gasteiger partial charge in [0.25, 0.3) is 0 Å². The molecule has 27 heavy (non-hydrogen) atoms. The number of carbonyl (C=O) groups excluding carboxylic acids is 3. The van der Waals surface area contributed by atoms with E-state index in [0.717, 1.165) is 0 Å². The van der Waals surface area contributed by atoms with Crippen molar-refractivity contribution < 1.29 is 24.2 Å². The third-order valence-electron chi connectivity index (χ3n) is 5.22. The molecule has 0 aromatic heterocycles. The Bertz CT molecular complexity index is 603. The molecule has 154 valence electrons. The lowest BCUT2D eigenvalue weighted by molar-refractivity contribution is -0.142. The molecule has 2 fully saturated rings. The number of amides is 3. The normalized spacial score (nSPS) is 27.2. The number of aliphatic hydroxyl groups excluding tert-OH is 1. The number of likely N-dealkylation sites (N-methyl/N-ethyl adjacent to an activating group) is 2. The summed E-state index contributed by atoms with van der Waals surface area (Å²) in [6.07, 6.45) is -0.234. The summed E-state index contributed by atoms with van der Waals surface area (Å²) in [6, 6.07) is -1.04. The van der Waals surface area contributed by atoms with Gasteiger partial charge in [0.2, 0.25) is 11.8 Å². The Morgan fingerprint density at radius 1 is 1.48 bits per heavy atom. The number of carbonyl (C=O) groups is 3. The van der Waals surface area contributed by atoms with Gasteiger partial charge in [-0.25, -0.2) is 4.79 Å². The topological polar surface area (TPSA) is 111 Å². The zero-order valence-electron chi connectivity index (χ0n) is 17.0. The number of hydrogen-bond donors (Lipinski definition) is 3. The van der Waals surface area contributed by atoms with E-state index in [2.05, 4.69) is 10.6 Å². The molecule has 2 aliphatic heterocycles. The van der Waals surface area contributed by atoms with Crippen LogP contribution in [0.15, 0.2) is 0 Å². The van der Waals surface area contributed by atoms with Gasteiger partial charge in [0.1, 0.15) is 17.2 Å². The van der Waals surface area contributed by atoms with Gasteiger partial charge in [0, 0.05) is 19.6 Å². The molecule has 3 N–H and O–H groups in total. The maximum absolute atomic E-state index is 12.9. The van der Waals surface area contributed by atoms with Gasteiger partial charge in [0.05, 0.1) is 12.6 Å². The van der Waals surface area contributed by atoms with E-state index in [-0.39, 0.29) is 17.9 Å². The monoisotopic (exact) mass is 384 g/mol. The van der Waals surface area contributed by atoms with Crippen LogP contribution in [0.25, 0.3) is 0 Å². The first kappa shape index (κ1) is 21.4. The van der Waals surface area contributed by atoms with Crippen molar-refractivity contribution in [2.45, 2.75) is 69.9 Å². The van der Waals surface area contributed by atoms with Crippen LogP contribution in [-0.4, -0.2) is 89.3 Å². The van der Waals surface area contributed by atoms with Crippen molar-refractivity contribution in [2.75, 3.05) is 27.2 Å². The molecule has 0 aromatic carbocycles. The molecule has 2 aliphatic rings. The molecule has 1 spiro atoms. The van der Waals surface area contributed by atoms with Gasteiger partial charge < -0.3 is 20.5 Å². The van der Waals surface area contributed by atoms with Gasteiger partial charge in [-0.15, -0.1) is 0 Å². The van der Waals surface area contributed by atoms with Crippen LogP contribution in [0, 0.1) is 0 Å². The molecule has 2 saturated heterocycles. The van der Waals surface area contributed by atoms with E-state index in [1.54, 1.807) is 39.6 Å². The van der Waals surface area contributed by atoms with E-state index in [0.29, 0.717) is 25.9 Å². The summed E-state index contributed by atoms with van der Waals surface area (Å²) in [7, 11) is 3.24. The highest BCUT2D eigenvalue weighted by molar-refractivity contribution is 5.96. The van der Waals surface area contributed by atoms with Crippen LogP contribution in [0.3, 0.4) is 0 Å². The maximum Gasteiger partial charge on any atom is 0.411 e. The van der Waals surface area contributed by atoms with Gasteiger partial charge in [-0.05, 0) is 47.6 Å². The molecular weight excluding hydrogens is 352 g/mol. The lowest BCUT2D eigenvalue weighted by atomic mass is 9.88. The van der Waals surface area contributed by atoms with Crippen molar-refractivity contribution in [1.82, 2.24) is 20.4 Å². The molecule has 0 saturated carbocycles. The quantitative estimate of drug-likeness (QED) is 0.561. The van der Waals surface area contributed by atoms with Crippen molar-refractivity contribution >= 4 is 17.9 Å². The minimum Gasteiger partial charge on any atom is -0.444 e. The number of ether oxygens (including phenoxy) is 1. The first-order valence-corrected chi connectivity index (χ1v) is 9.33. The largest absolute Gasteiger partial charge is 0.444 e. The van der Waals surface area contributed by atoms with Crippen molar-refractivity contribution in [2.24, 2.45) is 0 Å². The molecular formula is C18H32N4O5. The van der Waals surface area contributed by atoms with Crippen LogP contribution < -0.4 is 10.6 Å². The van der Waals surface area contributed by atoms with E-state index in [1.807, 2.05) is 0 Å². The summed E-state index contributed by atoms with van der Waals surface area (Å²) < 4.78 is 5.55. The molecule has 0 bridgehead atoms. The van der Waals surface area contributed by atoms with Crippen molar-refractivity contribution in [3.05, 3.63) is 0 Å². The molecule has 9 heteroatoms. The first-order chi connectivity index (χ1) is 12.4. The van der Waals surface area contributed by atoms with Crippen LogP contribution in [0.2, 0.25) is 0 Å². The third kappa shape index (κ3) is 4.19. The summed E-state index contributed by atoms with van der Waals surface area (Å²) in [4.78, 5) is 40.6. The van der Waals surface area contributed by atoms with Gasteiger partial charge in [0.15, 0.2) is 0 Å². The molecule has 9 nitrogen and oxygen atoms in total. The van der Waals surface area contributed by atoms with Gasteiger partial charge in [-0.2, -0.15) is 0 Å². The van der Waals surface area contributed by atoms with Crippen LogP contribution in [0.4, 0.5) is 4.79 Å². The summed E-state index contributed by atoms with van der Waals surface area (Å²) in [6.45, 7) is 7.65. The Labute approximate surface area is 160 Å². The Morgan fingerprint density at radius 3 is 2.52 bits per heavy atom. The Kier molecular flexibility index (Phi) is 6.06. The average molecular weight is 384 g/mol. The van der Waals surface area contributed by atoms with Gasteiger partial charge in [-0.1, -0.05) is 0 Å². The van der Waals surface area contributed by atoms with E-state index >= 15 is 0 Å². The van der Waals surface area contributed by atoms with Crippen molar-refractivity contribution in [3.63, 3.8) is 0 Å². The molecule has 3 amide bonds. The second kappa shape index (κ2) is 7.63. The molecule has 4 atom stereocenters. The second-order valence-electron chi connectivity index (χ2n) is 8.50. The molecule has 2 unspecified atom stereocenters. The fourth-order valence-corrected chi connectivity index (χ4v) is 3.95. The van der Waals surface area contributed by atoms with Crippen LogP contribution in [-0.2, 0) is 14.3 Å². The third-order valence-corrected chi connectivity index (χ3v) is 5.22. The summed E-state index contributed by atoms with van der Waals surface area (Å²) in [5.41, 5.74) is -1.55. The highest BCUT2D eigenvalue weighted by Gasteiger charge is 2.60. The fourth-order valence-electron chi connectivity index (χ4n) is 3.95. The highest BCUT2D eigenvalue weighted by atomic mass is 16.6. The Balaban J connectivity index is 2.22.